The first-order valence-corrected chi connectivity index (χ1v) is 8.67. The highest BCUT2D eigenvalue weighted by Gasteiger charge is 2.13. The highest BCUT2D eigenvalue weighted by atomic mass is 16.5. The molecule has 0 atom stereocenters. The Balaban J connectivity index is 2.09. The van der Waals surface area contributed by atoms with Crippen LogP contribution in [0.15, 0.2) is 72.5 Å². The normalized spacial score (nSPS) is 11.1. The Morgan fingerprint density at radius 1 is 1.07 bits per heavy atom. The molecular weight excluding hydrogens is 338 g/mol. The van der Waals surface area contributed by atoms with Gasteiger partial charge in [0.05, 0.1) is 24.3 Å². The second kappa shape index (κ2) is 8.20. The molecule has 3 aromatic carbocycles. The van der Waals surface area contributed by atoms with Crippen molar-refractivity contribution in [3.8, 4) is 22.9 Å². The number of hydrogen-bond donors (Lipinski definition) is 0. The molecule has 0 aliphatic heterocycles. The van der Waals surface area contributed by atoms with Crippen molar-refractivity contribution in [2.75, 3.05) is 6.61 Å². The Morgan fingerprint density at radius 3 is 2.52 bits per heavy atom. The van der Waals surface area contributed by atoms with E-state index in [2.05, 4.69) is 6.07 Å². The third kappa shape index (κ3) is 4.16. The van der Waals surface area contributed by atoms with E-state index >= 15 is 0 Å². The van der Waals surface area contributed by atoms with Crippen LogP contribution in [-0.4, -0.2) is 12.6 Å². The summed E-state index contributed by atoms with van der Waals surface area (Å²) in [5, 5.41) is 11.2. The monoisotopic (exact) mass is 357 g/mol. The van der Waals surface area contributed by atoms with E-state index in [-0.39, 0.29) is 0 Å². The lowest BCUT2D eigenvalue weighted by Crippen LogP contribution is -2.03. The van der Waals surface area contributed by atoms with Gasteiger partial charge < -0.3 is 9.47 Å². The summed E-state index contributed by atoms with van der Waals surface area (Å²) in [6.07, 6.45) is 1.33. The smallest absolute Gasteiger partial charge is 0.334 e. The van der Waals surface area contributed by atoms with Crippen LogP contribution in [-0.2, 0) is 9.53 Å². The molecule has 0 unspecified atom stereocenters. The predicted octanol–water partition coefficient (Wildman–Crippen LogP) is 5.22. The highest BCUT2D eigenvalue weighted by Crippen LogP contribution is 2.38. The van der Waals surface area contributed by atoms with Crippen LogP contribution in [0.3, 0.4) is 0 Å². The third-order valence-electron chi connectivity index (χ3n) is 4.07. The van der Waals surface area contributed by atoms with Gasteiger partial charge in [0.2, 0.25) is 0 Å². The molecule has 27 heavy (non-hydrogen) atoms. The molecule has 0 aromatic heterocycles. The quantitative estimate of drug-likeness (QED) is 0.357. The van der Waals surface area contributed by atoms with E-state index < -0.39 is 5.97 Å². The van der Waals surface area contributed by atoms with Crippen molar-refractivity contribution in [1.82, 2.24) is 0 Å². The largest absolute Gasteiger partial charge is 0.463 e. The van der Waals surface area contributed by atoms with E-state index in [0.717, 1.165) is 21.9 Å². The molecular formula is C23H19NO3. The van der Waals surface area contributed by atoms with Crippen molar-refractivity contribution in [1.29, 1.82) is 5.26 Å². The summed E-state index contributed by atoms with van der Waals surface area (Å²) >= 11 is 0. The number of hydrogen-bond acceptors (Lipinski definition) is 4. The van der Waals surface area contributed by atoms with Gasteiger partial charge in [-0.25, -0.2) is 4.79 Å². The molecule has 3 aromatic rings. The first-order valence-electron chi connectivity index (χ1n) is 8.67. The Labute approximate surface area is 158 Å². The minimum atomic E-state index is -0.435. The van der Waals surface area contributed by atoms with Gasteiger partial charge in [0.25, 0.3) is 0 Å². The third-order valence-corrected chi connectivity index (χ3v) is 4.07. The van der Waals surface area contributed by atoms with E-state index in [1.54, 1.807) is 26.0 Å². The van der Waals surface area contributed by atoms with Crippen molar-refractivity contribution in [2.45, 2.75) is 13.8 Å². The van der Waals surface area contributed by atoms with E-state index in [1.807, 2.05) is 48.5 Å². The zero-order valence-electron chi connectivity index (χ0n) is 15.2. The molecule has 0 amide bonds. The van der Waals surface area contributed by atoms with Crippen molar-refractivity contribution in [3.05, 3.63) is 78.1 Å². The standard InChI is InChI=1S/C23H19NO3/c1-3-26-22(25)14-16(2)27-21-13-12-18-6-4-5-7-20(18)23(21)19-10-8-17(15-24)9-11-19/h4-14H,3H2,1-2H3/b16-14+. The van der Waals surface area contributed by atoms with Gasteiger partial charge in [-0.2, -0.15) is 5.26 Å². The first-order chi connectivity index (χ1) is 13.1. The molecule has 0 bridgehead atoms. The van der Waals surface area contributed by atoms with E-state index in [1.165, 1.54) is 6.08 Å². The number of rotatable bonds is 5. The van der Waals surface area contributed by atoms with E-state index in [4.69, 9.17) is 14.7 Å². The molecule has 3 rings (SSSR count). The van der Waals surface area contributed by atoms with Crippen LogP contribution in [0.4, 0.5) is 0 Å². The van der Waals surface area contributed by atoms with E-state index in [9.17, 15) is 4.79 Å². The maximum Gasteiger partial charge on any atom is 0.334 e. The predicted molar refractivity (Wildman–Crippen MR) is 105 cm³/mol. The fourth-order valence-corrected chi connectivity index (χ4v) is 2.90. The van der Waals surface area contributed by atoms with Crippen molar-refractivity contribution in [3.63, 3.8) is 0 Å². The van der Waals surface area contributed by atoms with Gasteiger partial charge in [-0.05, 0) is 48.4 Å². The average molecular weight is 357 g/mol. The Bertz CT molecular complexity index is 1040. The Hall–Kier alpha value is -3.58. The molecule has 0 heterocycles. The maximum atomic E-state index is 11.7. The summed E-state index contributed by atoms with van der Waals surface area (Å²) in [5.74, 6) is 0.644. The molecule has 0 radical (unpaired) electrons. The van der Waals surface area contributed by atoms with Crippen LogP contribution < -0.4 is 4.74 Å². The number of fused-ring (bicyclic) bond motifs is 1. The number of nitriles is 1. The molecule has 0 saturated heterocycles. The fourth-order valence-electron chi connectivity index (χ4n) is 2.90. The molecule has 0 fully saturated rings. The van der Waals surface area contributed by atoms with Crippen molar-refractivity contribution >= 4 is 16.7 Å². The maximum absolute atomic E-state index is 11.7. The number of allylic oxidation sites excluding steroid dienone is 1. The molecule has 0 N–H and O–H groups in total. The summed E-state index contributed by atoms with van der Waals surface area (Å²) in [6.45, 7) is 3.79. The zero-order chi connectivity index (χ0) is 19.2. The molecule has 134 valence electrons. The van der Waals surface area contributed by atoms with E-state index in [0.29, 0.717) is 23.7 Å². The Morgan fingerprint density at radius 2 is 1.81 bits per heavy atom. The lowest BCUT2D eigenvalue weighted by Gasteiger charge is -2.15. The number of carbonyl (C=O) groups excluding carboxylic acids is 1. The molecule has 0 aliphatic rings. The summed E-state index contributed by atoms with van der Waals surface area (Å²) in [4.78, 5) is 11.7. The molecule has 0 aliphatic carbocycles. The van der Waals surface area contributed by atoms with Crippen molar-refractivity contribution < 1.29 is 14.3 Å². The molecule has 4 heteroatoms. The van der Waals surface area contributed by atoms with Crippen LogP contribution in [0.25, 0.3) is 21.9 Å². The average Bonchev–Trinajstić information content (AvgIpc) is 2.68. The molecule has 0 spiro atoms. The lowest BCUT2D eigenvalue weighted by molar-refractivity contribution is -0.137. The topological polar surface area (TPSA) is 59.3 Å². The minimum absolute atomic E-state index is 0.315. The number of esters is 1. The van der Waals surface area contributed by atoms with Crippen LogP contribution >= 0.6 is 0 Å². The summed E-state index contributed by atoms with van der Waals surface area (Å²) in [5.41, 5.74) is 2.44. The number of benzene rings is 3. The zero-order valence-corrected chi connectivity index (χ0v) is 15.2. The summed E-state index contributed by atoms with van der Waals surface area (Å²) < 4.78 is 10.9. The van der Waals surface area contributed by atoms with Crippen LogP contribution in [0, 0.1) is 11.3 Å². The number of nitrogens with zero attached hydrogens (tertiary/aromatic N) is 1. The van der Waals surface area contributed by atoms with Gasteiger partial charge in [-0.3, -0.25) is 0 Å². The SMILES string of the molecule is CCOC(=O)/C=C(\C)Oc1ccc2ccccc2c1-c1ccc(C#N)cc1. The van der Waals surface area contributed by atoms with Gasteiger partial charge in [0, 0.05) is 5.56 Å². The lowest BCUT2D eigenvalue weighted by atomic mass is 9.96. The van der Waals surface area contributed by atoms with Gasteiger partial charge in [0.1, 0.15) is 11.5 Å². The summed E-state index contributed by atoms with van der Waals surface area (Å²) in [6, 6.07) is 21.4. The second-order valence-corrected chi connectivity index (χ2v) is 5.96. The van der Waals surface area contributed by atoms with Gasteiger partial charge in [-0.15, -0.1) is 0 Å². The summed E-state index contributed by atoms with van der Waals surface area (Å²) in [7, 11) is 0. The molecule has 4 nitrogen and oxygen atoms in total. The Kier molecular flexibility index (Phi) is 5.53. The second-order valence-electron chi connectivity index (χ2n) is 5.96. The number of ether oxygens (including phenoxy) is 2. The van der Waals surface area contributed by atoms with Crippen LogP contribution in [0.1, 0.15) is 19.4 Å². The fraction of sp³-hybridized carbons (Fsp3) is 0.130. The highest BCUT2D eigenvalue weighted by molar-refractivity contribution is 5.99. The first kappa shape index (κ1) is 18.2. The van der Waals surface area contributed by atoms with Gasteiger partial charge >= 0.3 is 5.97 Å². The molecule has 0 saturated carbocycles. The van der Waals surface area contributed by atoms with Crippen molar-refractivity contribution in [2.24, 2.45) is 0 Å². The van der Waals surface area contributed by atoms with Gasteiger partial charge in [-0.1, -0.05) is 42.5 Å². The number of carbonyl (C=O) groups is 1. The minimum Gasteiger partial charge on any atom is -0.463 e. The van der Waals surface area contributed by atoms with Crippen LogP contribution in [0.5, 0.6) is 5.75 Å². The van der Waals surface area contributed by atoms with Gasteiger partial charge in [0.15, 0.2) is 0 Å². The van der Waals surface area contributed by atoms with Crippen LogP contribution in [0.2, 0.25) is 0 Å².